The summed E-state index contributed by atoms with van der Waals surface area (Å²) in [6.07, 6.45) is 0.781. The number of anilines is 2. The standard InChI is InChI=1S/C25H27N3O4S/c1-3-17-26-25(30)22-11-7-8-12-23(22)27-24(29)18-28(20-15-13-19(2)14-16-20)33(31,32)21-9-5-4-6-10-21/h4-16H,3,17-18H2,1-2H3,(H,26,30)(H,27,29). The van der Waals surface area contributed by atoms with Crippen molar-refractivity contribution in [2.45, 2.75) is 25.2 Å². The van der Waals surface area contributed by atoms with Crippen LogP contribution in [0.5, 0.6) is 0 Å². The largest absolute Gasteiger partial charge is 0.352 e. The average Bonchev–Trinajstić information content (AvgIpc) is 2.82. The maximum Gasteiger partial charge on any atom is 0.264 e. The third-order valence-electron chi connectivity index (χ3n) is 4.92. The number of nitrogens with zero attached hydrogens (tertiary/aromatic N) is 1. The molecule has 8 heteroatoms. The van der Waals surface area contributed by atoms with Gasteiger partial charge in [0, 0.05) is 6.54 Å². The summed E-state index contributed by atoms with van der Waals surface area (Å²) in [5.41, 5.74) is 1.96. The molecule has 0 atom stereocenters. The normalized spacial score (nSPS) is 11.0. The third-order valence-corrected chi connectivity index (χ3v) is 6.71. The van der Waals surface area contributed by atoms with Crippen molar-refractivity contribution in [3.63, 3.8) is 0 Å². The molecule has 0 radical (unpaired) electrons. The second-order valence-corrected chi connectivity index (χ2v) is 9.37. The van der Waals surface area contributed by atoms with Gasteiger partial charge in [-0.2, -0.15) is 0 Å². The quantitative estimate of drug-likeness (QED) is 0.500. The summed E-state index contributed by atoms with van der Waals surface area (Å²) in [4.78, 5) is 25.5. The van der Waals surface area contributed by atoms with Crippen LogP contribution < -0.4 is 14.9 Å². The molecular formula is C25H27N3O4S. The number of hydrogen-bond donors (Lipinski definition) is 2. The highest BCUT2D eigenvalue weighted by molar-refractivity contribution is 7.92. The number of benzene rings is 3. The van der Waals surface area contributed by atoms with Crippen LogP contribution >= 0.6 is 0 Å². The fourth-order valence-electron chi connectivity index (χ4n) is 3.19. The third kappa shape index (κ3) is 5.98. The molecule has 3 rings (SSSR count). The van der Waals surface area contributed by atoms with Gasteiger partial charge in [-0.1, -0.05) is 55.0 Å². The number of sulfonamides is 1. The molecule has 0 saturated heterocycles. The van der Waals surface area contributed by atoms with E-state index in [4.69, 9.17) is 0 Å². The number of amides is 2. The van der Waals surface area contributed by atoms with E-state index in [0.717, 1.165) is 16.3 Å². The van der Waals surface area contributed by atoms with Gasteiger partial charge in [-0.15, -0.1) is 0 Å². The first-order valence-electron chi connectivity index (χ1n) is 10.6. The molecule has 0 aliphatic heterocycles. The summed E-state index contributed by atoms with van der Waals surface area (Å²) < 4.78 is 27.8. The number of rotatable bonds is 9. The second-order valence-electron chi connectivity index (χ2n) is 7.51. The molecule has 0 saturated carbocycles. The monoisotopic (exact) mass is 465 g/mol. The van der Waals surface area contributed by atoms with Crippen LogP contribution in [-0.4, -0.2) is 33.3 Å². The number of carbonyl (C=O) groups excluding carboxylic acids is 2. The zero-order chi connectivity index (χ0) is 23.8. The van der Waals surface area contributed by atoms with Crippen molar-refractivity contribution in [2.24, 2.45) is 0 Å². The Hall–Kier alpha value is -3.65. The minimum Gasteiger partial charge on any atom is -0.352 e. The molecule has 0 fully saturated rings. The van der Waals surface area contributed by atoms with Crippen LogP contribution in [0.15, 0.2) is 83.8 Å². The van der Waals surface area contributed by atoms with Crippen molar-refractivity contribution in [3.05, 3.63) is 90.0 Å². The van der Waals surface area contributed by atoms with E-state index in [-0.39, 0.29) is 10.8 Å². The molecular weight excluding hydrogens is 438 g/mol. The van der Waals surface area contributed by atoms with Gasteiger partial charge in [-0.05, 0) is 49.7 Å². The lowest BCUT2D eigenvalue weighted by molar-refractivity contribution is -0.114. The van der Waals surface area contributed by atoms with E-state index in [9.17, 15) is 18.0 Å². The van der Waals surface area contributed by atoms with Gasteiger partial charge in [0.05, 0.1) is 21.8 Å². The van der Waals surface area contributed by atoms with Gasteiger partial charge in [-0.3, -0.25) is 13.9 Å². The molecule has 0 spiro atoms. The molecule has 0 aliphatic carbocycles. The Morgan fingerprint density at radius 3 is 2.18 bits per heavy atom. The van der Waals surface area contributed by atoms with E-state index in [2.05, 4.69) is 10.6 Å². The van der Waals surface area contributed by atoms with Gasteiger partial charge in [-0.25, -0.2) is 8.42 Å². The zero-order valence-corrected chi connectivity index (χ0v) is 19.4. The van der Waals surface area contributed by atoms with E-state index in [1.165, 1.54) is 12.1 Å². The van der Waals surface area contributed by atoms with E-state index >= 15 is 0 Å². The van der Waals surface area contributed by atoms with E-state index < -0.39 is 22.5 Å². The van der Waals surface area contributed by atoms with Crippen LogP contribution in [0.4, 0.5) is 11.4 Å². The maximum atomic E-state index is 13.4. The fraction of sp³-hybridized carbons (Fsp3) is 0.200. The fourth-order valence-corrected chi connectivity index (χ4v) is 4.63. The summed E-state index contributed by atoms with van der Waals surface area (Å²) in [5, 5.41) is 5.48. The van der Waals surface area contributed by atoms with Gasteiger partial charge in [0.15, 0.2) is 0 Å². The van der Waals surface area contributed by atoms with Crippen LogP contribution in [0, 0.1) is 6.92 Å². The highest BCUT2D eigenvalue weighted by Crippen LogP contribution is 2.24. The minimum atomic E-state index is -4.00. The van der Waals surface area contributed by atoms with Crippen LogP contribution in [0.25, 0.3) is 0 Å². The van der Waals surface area contributed by atoms with E-state index in [1.54, 1.807) is 66.7 Å². The first-order chi connectivity index (χ1) is 15.8. The Balaban J connectivity index is 1.89. The van der Waals surface area contributed by atoms with Gasteiger partial charge >= 0.3 is 0 Å². The van der Waals surface area contributed by atoms with Crippen LogP contribution in [0.1, 0.15) is 29.3 Å². The second kappa shape index (κ2) is 10.8. The summed E-state index contributed by atoms with van der Waals surface area (Å²) in [6.45, 7) is 3.90. The molecule has 0 aliphatic rings. The molecule has 0 unspecified atom stereocenters. The minimum absolute atomic E-state index is 0.0812. The van der Waals surface area contributed by atoms with Crippen LogP contribution in [-0.2, 0) is 14.8 Å². The number of para-hydroxylation sites is 1. The predicted octanol–water partition coefficient (Wildman–Crippen LogP) is 3.97. The molecule has 0 aromatic heterocycles. The molecule has 0 heterocycles. The molecule has 33 heavy (non-hydrogen) atoms. The molecule has 2 N–H and O–H groups in total. The highest BCUT2D eigenvalue weighted by Gasteiger charge is 2.27. The molecule has 0 bridgehead atoms. The van der Waals surface area contributed by atoms with Crippen LogP contribution in [0.3, 0.4) is 0 Å². The van der Waals surface area contributed by atoms with Crippen molar-refractivity contribution in [1.82, 2.24) is 5.32 Å². The highest BCUT2D eigenvalue weighted by atomic mass is 32.2. The molecule has 2 amide bonds. The molecule has 3 aromatic carbocycles. The van der Waals surface area contributed by atoms with Crippen molar-refractivity contribution >= 4 is 33.2 Å². The first kappa shape index (κ1) is 24.0. The van der Waals surface area contributed by atoms with E-state index in [0.29, 0.717) is 23.5 Å². The summed E-state index contributed by atoms with van der Waals surface area (Å²) in [5.74, 6) is -0.870. The summed E-state index contributed by atoms with van der Waals surface area (Å²) in [6, 6.07) is 21.5. The van der Waals surface area contributed by atoms with Crippen LogP contribution in [0.2, 0.25) is 0 Å². The maximum absolute atomic E-state index is 13.4. The Bertz CT molecular complexity index is 1210. The zero-order valence-electron chi connectivity index (χ0n) is 18.6. The lowest BCUT2D eigenvalue weighted by Crippen LogP contribution is -2.38. The number of nitrogens with one attached hydrogen (secondary N) is 2. The number of carbonyl (C=O) groups is 2. The van der Waals surface area contributed by atoms with Gasteiger partial charge in [0.25, 0.3) is 15.9 Å². The first-order valence-corrected chi connectivity index (χ1v) is 12.1. The predicted molar refractivity (Wildman–Crippen MR) is 130 cm³/mol. The SMILES string of the molecule is CCCNC(=O)c1ccccc1NC(=O)CN(c1ccc(C)cc1)S(=O)(=O)c1ccccc1. The summed E-state index contributed by atoms with van der Waals surface area (Å²) >= 11 is 0. The van der Waals surface area contributed by atoms with Crippen molar-refractivity contribution in [3.8, 4) is 0 Å². The Morgan fingerprint density at radius 1 is 0.879 bits per heavy atom. The Kier molecular flexibility index (Phi) is 7.84. The van der Waals surface area contributed by atoms with Crippen molar-refractivity contribution in [2.75, 3.05) is 22.7 Å². The molecule has 3 aromatic rings. The Morgan fingerprint density at radius 2 is 1.52 bits per heavy atom. The van der Waals surface area contributed by atoms with Gasteiger partial charge < -0.3 is 10.6 Å². The smallest absolute Gasteiger partial charge is 0.264 e. The lowest BCUT2D eigenvalue weighted by Gasteiger charge is -2.24. The summed E-state index contributed by atoms with van der Waals surface area (Å²) in [7, 11) is -4.00. The number of hydrogen-bond acceptors (Lipinski definition) is 4. The topological polar surface area (TPSA) is 95.6 Å². The average molecular weight is 466 g/mol. The molecule has 172 valence electrons. The Labute approximate surface area is 194 Å². The number of aryl methyl sites for hydroxylation is 1. The molecule has 7 nitrogen and oxygen atoms in total. The van der Waals surface area contributed by atoms with Crippen molar-refractivity contribution < 1.29 is 18.0 Å². The lowest BCUT2D eigenvalue weighted by atomic mass is 10.1. The van der Waals surface area contributed by atoms with Gasteiger partial charge in [0.2, 0.25) is 5.91 Å². The van der Waals surface area contributed by atoms with Gasteiger partial charge in [0.1, 0.15) is 6.54 Å². The van der Waals surface area contributed by atoms with Crippen molar-refractivity contribution in [1.29, 1.82) is 0 Å². The van der Waals surface area contributed by atoms with E-state index in [1.807, 2.05) is 13.8 Å².